The lowest BCUT2D eigenvalue weighted by Crippen LogP contribution is -2.37. The maximum Gasteiger partial charge on any atom is 0.303 e. The molecule has 0 bridgehead atoms. The zero-order valence-electron chi connectivity index (χ0n) is 38.4. The maximum atomic E-state index is 10.4. The summed E-state index contributed by atoms with van der Waals surface area (Å²) in [5, 5.41) is 18.9. The fourth-order valence-electron chi connectivity index (χ4n) is 8.63. The van der Waals surface area contributed by atoms with Gasteiger partial charge in [0.15, 0.2) is 0 Å². The smallest absolute Gasteiger partial charge is 0.303 e. The van der Waals surface area contributed by atoms with Crippen LogP contribution in [0.1, 0.15) is 256 Å². The molecule has 2 rings (SSSR count). The first-order chi connectivity index (χ1) is 26.3. The number of unbranched alkanes of at least 4 members (excludes halogenated alkanes) is 18. The number of aromatic hydroxyl groups is 1. The molecule has 4 heteroatoms. The number of carboxylic acids is 1. The van der Waals surface area contributed by atoms with Crippen molar-refractivity contribution in [1.82, 2.24) is 0 Å². The Morgan fingerprint density at radius 3 is 1.45 bits per heavy atom. The van der Waals surface area contributed by atoms with E-state index in [9.17, 15) is 9.90 Å². The van der Waals surface area contributed by atoms with Crippen LogP contribution in [0.5, 0.6) is 11.5 Å². The van der Waals surface area contributed by atoms with Crippen molar-refractivity contribution in [1.29, 1.82) is 0 Å². The summed E-state index contributed by atoms with van der Waals surface area (Å²) in [6, 6.07) is 0. The number of ether oxygens (including phenoxy) is 1. The fourth-order valence-corrected chi connectivity index (χ4v) is 8.63. The first kappa shape index (κ1) is 51.3. The number of carbonyl (C=O) groups is 1. The van der Waals surface area contributed by atoms with Crippen LogP contribution in [0.3, 0.4) is 0 Å². The van der Waals surface area contributed by atoms with Gasteiger partial charge in [-0.1, -0.05) is 195 Å². The number of rotatable bonds is 32. The molecule has 2 N–H and O–H groups in total. The van der Waals surface area contributed by atoms with Crippen LogP contribution in [0.2, 0.25) is 0 Å². The van der Waals surface area contributed by atoms with Crippen LogP contribution in [0, 0.1) is 38.5 Å². The van der Waals surface area contributed by atoms with E-state index in [4.69, 9.17) is 9.84 Å². The number of aliphatic carboxylic acids is 1. The van der Waals surface area contributed by atoms with E-state index in [1.54, 1.807) is 0 Å². The van der Waals surface area contributed by atoms with Gasteiger partial charge >= 0.3 is 5.97 Å². The normalized spacial score (nSPS) is 16.3. The highest BCUT2D eigenvalue weighted by atomic mass is 16.5. The molecule has 1 aliphatic rings. The molecule has 4 nitrogen and oxygen atoms in total. The van der Waals surface area contributed by atoms with Crippen LogP contribution in [-0.2, 0) is 11.2 Å². The third kappa shape index (κ3) is 24.6. The second-order valence-corrected chi connectivity index (χ2v) is 18.9. The van der Waals surface area contributed by atoms with E-state index in [0.717, 1.165) is 72.3 Å². The number of phenols is 1. The molecular weight excluding hydrogens is 677 g/mol. The molecule has 1 aromatic carbocycles. The Kier molecular flexibility index (Phi) is 29.2. The van der Waals surface area contributed by atoms with Gasteiger partial charge in [0.05, 0.1) is 0 Å². The monoisotopic (exact) mass is 771 g/mol. The lowest BCUT2D eigenvalue weighted by Gasteiger charge is -2.38. The molecule has 3 atom stereocenters. The van der Waals surface area contributed by atoms with Gasteiger partial charge in [0.1, 0.15) is 17.1 Å². The van der Waals surface area contributed by atoms with Crippen molar-refractivity contribution in [2.75, 3.05) is 0 Å². The largest absolute Gasteiger partial charge is 0.507 e. The van der Waals surface area contributed by atoms with E-state index in [0.29, 0.717) is 12.2 Å². The Labute approximate surface area is 343 Å². The number of benzene rings is 1. The highest BCUT2D eigenvalue weighted by Crippen LogP contribution is 2.44. The van der Waals surface area contributed by atoms with E-state index >= 15 is 0 Å². The SMILES string of the molecule is CCCCCCCCCCCCCCCCCCCCCC(=O)O.Cc1c(C)c2c(c(C)c1O)CC[C@@](C)(CCC[C@H](C)CCC[C@H](C)CCCC(C)C)O2. The Morgan fingerprint density at radius 1 is 0.600 bits per heavy atom. The molecule has 0 aliphatic carbocycles. The molecule has 0 fully saturated rings. The van der Waals surface area contributed by atoms with Crippen molar-refractivity contribution < 1.29 is 19.7 Å². The van der Waals surface area contributed by atoms with E-state index in [1.807, 2.05) is 13.8 Å². The second-order valence-electron chi connectivity index (χ2n) is 18.9. The lowest BCUT2D eigenvalue weighted by molar-refractivity contribution is -0.137. The average molecular weight is 771 g/mol. The lowest BCUT2D eigenvalue weighted by atomic mass is 9.84. The predicted octanol–water partition coefficient (Wildman–Crippen LogP) is 16.7. The summed E-state index contributed by atoms with van der Waals surface area (Å²) in [5.74, 6) is 3.38. The van der Waals surface area contributed by atoms with E-state index in [2.05, 4.69) is 48.5 Å². The number of fused-ring (bicyclic) bond motifs is 1. The third-order valence-electron chi connectivity index (χ3n) is 12.9. The predicted molar refractivity (Wildman–Crippen MR) is 240 cm³/mol. The minimum atomic E-state index is -0.651. The molecule has 0 radical (unpaired) electrons. The molecule has 0 aromatic heterocycles. The van der Waals surface area contributed by atoms with Gasteiger partial charge in [-0.05, 0) is 94.2 Å². The average Bonchev–Trinajstić information content (AvgIpc) is 3.14. The summed E-state index contributed by atoms with van der Waals surface area (Å²) in [7, 11) is 0. The van der Waals surface area contributed by atoms with Crippen LogP contribution in [0.15, 0.2) is 0 Å². The fraction of sp³-hybridized carbons (Fsp3) is 0.863. The van der Waals surface area contributed by atoms with Gasteiger partial charge in [0.25, 0.3) is 0 Å². The zero-order chi connectivity index (χ0) is 40.9. The van der Waals surface area contributed by atoms with Crippen LogP contribution in [-0.4, -0.2) is 21.8 Å². The second kappa shape index (κ2) is 31.3. The maximum absolute atomic E-state index is 10.4. The van der Waals surface area contributed by atoms with Gasteiger partial charge in [0, 0.05) is 12.0 Å². The van der Waals surface area contributed by atoms with Crippen molar-refractivity contribution in [2.24, 2.45) is 17.8 Å². The molecule has 322 valence electrons. The molecule has 0 saturated carbocycles. The van der Waals surface area contributed by atoms with Gasteiger partial charge in [-0.3, -0.25) is 4.79 Å². The molecule has 0 spiro atoms. The molecular formula is C51H94O4. The minimum absolute atomic E-state index is 0.0712. The minimum Gasteiger partial charge on any atom is -0.507 e. The molecule has 1 aromatic rings. The van der Waals surface area contributed by atoms with Crippen molar-refractivity contribution in [3.63, 3.8) is 0 Å². The first-order valence-electron chi connectivity index (χ1n) is 24.0. The standard InChI is InChI=1S/C29H50O2.C22H44O2/c1-20(2)12-9-13-21(3)14-10-15-22(4)16-11-18-29(8)19-17-26-25(7)27(30)23(5)24(6)28(26)31-29;1-2-3-4-5-6-7-8-9-10-11-12-13-14-15-16-17-18-19-20-21-22(23)24/h20-22,30H,9-19H2,1-8H3;2-21H2,1H3,(H,23,24)/t21-,22-,29-;/m1./s1. The number of hydrogen-bond acceptors (Lipinski definition) is 3. The number of hydrogen-bond donors (Lipinski definition) is 2. The van der Waals surface area contributed by atoms with Crippen LogP contribution < -0.4 is 4.74 Å². The van der Waals surface area contributed by atoms with Crippen molar-refractivity contribution >= 4 is 5.97 Å². The number of phenolic OH excluding ortho intramolecular Hbond substituents is 1. The van der Waals surface area contributed by atoms with Gasteiger partial charge in [0.2, 0.25) is 0 Å². The van der Waals surface area contributed by atoms with E-state index in [-0.39, 0.29) is 5.60 Å². The quantitative estimate of drug-likeness (QED) is 0.0716. The van der Waals surface area contributed by atoms with Crippen molar-refractivity contribution in [3.05, 3.63) is 22.3 Å². The van der Waals surface area contributed by atoms with Gasteiger partial charge in [-0.25, -0.2) is 0 Å². The zero-order valence-corrected chi connectivity index (χ0v) is 38.4. The highest BCUT2D eigenvalue weighted by Gasteiger charge is 2.34. The van der Waals surface area contributed by atoms with E-state index in [1.165, 1.54) is 166 Å². The molecule has 1 heterocycles. The topological polar surface area (TPSA) is 66.8 Å². The summed E-state index contributed by atoms with van der Waals surface area (Å²) in [4.78, 5) is 10.4. The Morgan fingerprint density at radius 2 is 1.02 bits per heavy atom. The summed E-state index contributed by atoms with van der Waals surface area (Å²) in [5.41, 5.74) is 4.23. The Hall–Kier alpha value is -1.71. The molecule has 1 aliphatic heterocycles. The summed E-state index contributed by atoms with van der Waals surface area (Å²) >= 11 is 0. The van der Waals surface area contributed by atoms with E-state index < -0.39 is 5.97 Å². The van der Waals surface area contributed by atoms with Crippen molar-refractivity contribution in [2.45, 2.75) is 267 Å². The first-order valence-corrected chi connectivity index (χ1v) is 24.0. The van der Waals surface area contributed by atoms with Crippen LogP contribution >= 0.6 is 0 Å². The summed E-state index contributed by atoms with van der Waals surface area (Å²) < 4.78 is 6.60. The molecule has 55 heavy (non-hydrogen) atoms. The van der Waals surface area contributed by atoms with Crippen LogP contribution in [0.4, 0.5) is 0 Å². The van der Waals surface area contributed by atoms with Gasteiger partial charge < -0.3 is 14.9 Å². The Bertz CT molecular complexity index is 1110. The number of carboxylic acid groups (broad SMARTS) is 1. The van der Waals surface area contributed by atoms with Crippen molar-refractivity contribution in [3.8, 4) is 11.5 Å². The summed E-state index contributed by atoms with van der Waals surface area (Å²) in [6.45, 7) is 20.2. The highest BCUT2D eigenvalue weighted by molar-refractivity contribution is 5.66. The van der Waals surface area contributed by atoms with Gasteiger partial charge in [-0.2, -0.15) is 0 Å². The Balaban J connectivity index is 0.000000571. The molecule has 0 amide bonds. The van der Waals surface area contributed by atoms with Crippen LogP contribution in [0.25, 0.3) is 0 Å². The third-order valence-corrected chi connectivity index (χ3v) is 12.9. The molecule has 0 unspecified atom stereocenters. The molecule has 0 saturated heterocycles. The van der Waals surface area contributed by atoms with Gasteiger partial charge in [-0.15, -0.1) is 0 Å². The summed E-state index contributed by atoms with van der Waals surface area (Å²) in [6.07, 6.45) is 40.1.